The van der Waals surface area contributed by atoms with E-state index in [1.54, 1.807) is 0 Å². The van der Waals surface area contributed by atoms with Crippen LogP contribution >= 0.6 is 0 Å². The first-order valence-electron chi connectivity index (χ1n) is 11.3. The summed E-state index contributed by atoms with van der Waals surface area (Å²) in [5.41, 5.74) is 3.41. The zero-order valence-corrected chi connectivity index (χ0v) is 18.6. The molecular formula is C29H28N2O2. The molecule has 0 saturated carbocycles. The Balaban J connectivity index is 1.50. The van der Waals surface area contributed by atoms with Gasteiger partial charge in [-0.1, -0.05) is 91.0 Å². The van der Waals surface area contributed by atoms with Gasteiger partial charge in [0, 0.05) is 31.5 Å². The fraction of sp³-hybridized carbons (Fsp3) is 0.241. The number of hydrogen-bond donors (Lipinski definition) is 0. The maximum absolute atomic E-state index is 13.2. The fourth-order valence-corrected chi connectivity index (χ4v) is 4.55. The zero-order chi connectivity index (χ0) is 23.0. The second kappa shape index (κ2) is 10.7. The minimum Gasteiger partial charge on any atom is -0.341 e. The third kappa shape index (κ3) is 5.51. The predicted octanol–water partition coefficient (Wildman–Crippen LogP) is 4.30. The Labute approximate surface area is 195 Å². The molecule has 1 fully saturated rings. The van der Waals surface area contributed by atoms with E-state index in [2.05, 4.69) is 18.1 Å². The van der Waals surface area contributed by atoms with Gasteiger partial charge in [-0.15, -0.1) is 6.42 Å². The molecule has 4 nitrogen and oxygen atoms in total. The number of terminal acetylenes is 1. The van der Waals surface area contributed by atoms with E-state index in [-0.39, 0.29) is 18.4 Å². The molecule has 33 heavy (non-hydrogen) atoms. The van der Waals surface area contributed by atoms with Crippen molar-refractivity contribution >= 4 is 11.8 Å². The molecule has 4 rings (SSSR count). The van der Waals surface area contributed by atoms with Gasteiger partial charge in [0.1, 0.15) is 6.54 Å². The van der Waals surface area contributed by atoms with E-state index in [1.807, 2.05) is 83.8 Å². The molecular weight excluding hydrogens is 408 g/mol. The van der Waals surface area contributed by atoms with Crippen LogP contribution in [-0.2, 0) is 9.59 Å². The molecule has 0 radical (unpaired) electrons. The third-order valence-electron chi connectivity index (χ3n) is 6.36. The normalized spacial score (nSPS) is 15.3. The Morgan fingerprint density at radius 1 is 0.909 bits per heavy atom. The number of carbonyl (C=O) groups excluding carboxylic acids is 2. The van der Waals surface area contributed by atoms with Crippen molar-refractivity contribution in [1.29, 1.82) is 0 Å². The molecule has 1 aliphatic heterocycles. The summed E-state index contributed by atoms with van der Waals surface area (Å²) in [6.45, 7) is 1.69. The van der Waals surface area contributed by atoms with Crippen LogP contribution < -0.4 is 0 Å². The summed E-state index contributed by atoms with van der Waals surface area (Å²) in [4.78, 5) is 29.2. The summed E-state index contributed by atoms with van der Waals surface area (Å²) in [5, 5.41) is 0. The highest BCUT2D eigenvalue weighted by Crippen LogP contribution is 2.28. The van der Waals surface area contributed by atoms with E-state index in [0.717, 1.165) is 17.5 Å². The lowest BCUT2D eigenvalue weighted by Crippen LogP contribution is -2.43. The molecule has 166 valence electrons. The topological polar surface area (TPSA) is 40.6 Å². The molecule has 2 amide bonds. The Morgan fingerprint density at radius 2 is 1.45 bits per heavy atom. The lowest BCUT2D eigenvalue weighted by Gasteiger charge is -2.28. The fourth-order valence-electron chi connectivity index (χ4n) is 4.55. The predicted molar refractivity (Wildman–Crippen MR) is 131 cm³/mol. The van der Waals surface area contributed by atoms with Crippen molar-refractivity contribution in [1.82, 2.24) is 9.80 Å². The Bertz CT molecular complexity index is 1070. The van der Waals surface area contributed by atoms with Crippen LogP contribution in [0.3, 0.4) is 0 Å². The highest BCUT2D eigenvalue weighted by Gasteiger charge is 2.30. The summed E-state index contributed by atoms with van der Waals surface area (Å²) < 4.78 is 0. The number of benzene rings is 3. The highest BCUT2D eigenvalue weighted by molar-refractivity contribution is 5.95. The van der Waals surface area contributed by atoms with Crippen LogP contribution in [0.4, 0.5) is 0 Å². The molecule has 1 atom stereocenters. The number of rotatable bonds is 7. The van der Waals surface area contributed by atoms with Gasteiger partial charge in [0.15, 0.2) is 0 Å². The van der Waals surface area contributed by atoms with E-state index in [9.17, 15) is 9.59 Å². The molecule has 1 heterocycles. The van der Waals surface area contributed by atoms with Crippen molar-refractivity contribution in [2.45, 2.75) is 18.3 Å². The van der Waals surface area contributed by atoms with E-state index >= 15 is 0 Å². The van der Waals surface area contributed by atoms with Gasteiger partial charge in [0.25, 0.3) is 5.91 Å². The van der Waals surface area contributed by atoms with Crippen LogP contribution in [0.5, 0.6) is 0 Å². The molecule has 1 saturated heterocycles. The lowest BCUT2D eigenvalue weighted by atomic mass is 9.90. The van der Waals surface area contributed by atoms with Crippen molar-refractivity contribution in [3.63, 3.8) is 0 Å². The highest BCUT2D eigenvalue weighted by atomic mass is 16.2. The monoisotopic (exact) mass is 436 g/mol. The zero-order valence-electron chi connectivity index (χ0n) is 18.6. The smallest absolute Gasteiger partial charge is 0.298 e. The van der Waals surface area contributed by atoms with Crippen LogP contribution in [-0.4, -0.2) is 47.8 Å². The standard InChI is InChI=1S/C29H28N2O2/c1-2-28(32)31(21-27(24-14-8-4-9-15-24)25-16-10-5-11-17-25)22-29(33)30-19-18-26(20-30)23-12-6-3-7-13-23/h1,3-17,26-27H,18-22H2/t26-/m1/s1. The Morgan fingerprint density at radius 3 is 2.00 bits per heavy atom. The van der Waals surface area contributed by atoms with Gasteiger partial charge in [0.2, 0.25) is 5.91 Å². The van der Waals surface area contributed by atoms with Crippen LogP contribution in [0.2, 0.25) is 0 Å². The summed E-state index contributed by atoms with van der Waals surface area (Å²) in [7, 11) is 0. The Hall–Kier alpha value is -3.84. The summed E-state index contributed by atoms with van der Waals surface area (Å²) >= 11 is 0. The number of carbonyl (C=O) groups is 2. The van der Waals surface area contributed by atoms with Gasteiger partial charge in [0.05, 0.1) is 0 Å². The molecule has 0 aliphatic carbocycles. The van der Waals surface area contributed by atoms with Gasteiger partial charge in [-0.05, 0) is 29.0 Å². The number of amides is 2. The first kappa shape index (κ1) is 22.4. The molecule has 3 aromatic rings. The van der Waals surface area contributed by atoms with Crippen LogP contribution in [0.15, 0.2) is 91.0 Å². The number of nitrogens with zero attached hydrogens (tertiary/aromatic N) is 2. The SMILES string of the molecule is C#CC(=O)N(CC(=O)N1CC[C@@H](c2ccccc2)C1)CC(c1ccccc1)c1ccccc1. The van der Waals surface area contributed by atoms with Crippen LogP contribution in [0.1, 0.15) is 34.9 Å². The van der Waals surface area contributed by atoms with Crippen molar-refractivity contribution in [2.24, 2.45) is 0 Å². The first-order chi connectivity index (χ1) is 16.2. The second-order valence-corrected chi connectivity index (χ2v) is 8.44. The van der Waals surface area contributed by atoms with Crippen molar-refractivity contribution in [2.75, 3.05) is 26.2 Å². The molecule has 0 N–H and O–H groups in total. The summed E-state index contributed by atoms with van der Waals surface area (Å²) in [5.74, 6) is 1.95. The van der Waals surface area contributed by atoms with E-state index in [4.69, 9.17) is 6.42 Å². The third-order valence-corrected chi connectivity index (χ3v) is 6.36. The van der Waals surface area contributed by atoms with Crippen LogP contribution in [0.25, 0.3) is 0 Å². The average molecular weight is 437 g/mol. The quantitative estimate of drug-likeness (QED) is 0.518. The van der Waals surface area contributed by atoms with Crippen molar-refractivity contribution < 1.29 is 9.59 Å². The molecule has 0 spiro atoms. The maximum Gasteiger partial charge on any atom is 0.298 e. The van der Waals surface area contributed by atoms with Gasteiger partial charge in [-0.3, -0.25) is 9.59 Å². The maximum atomic E-state index is 13.2. The summed E-state index contributed by atoms with van der Waals surface area (Å²) in [6.07, 6.45) is 6.41. The second-order valence-electron chi connectivity index (χ2n) is 8.44. The lowest BCUT2D eigenvalue weighted by molar-refractivity contribution is -0.137. The van der Waals surface area contributed by atoms with E-state index < -0.39 is 5.91 Å². The Kier molecular flexibility index (Phi) is 7.22. The van der Waals surface area contributed by atoms with Gasteiger partial charge >= 0.3 is 0 Å². The summed E-state index contributed by atoms with van der Waals surface area (Å²) in [6, 6.07) is 30.3. The minimum absolute atomic E-state index is 0.0132. The van der Waals surface area contributed by atoms with Crippen LogP contribution in [0, 0.1) is 12.3 Å². The van der Waals surface area contributed by atoms with Gasteiger partial charge in [-0.25, -0.2) is 0 Å². The van der Waals surface area contributed by atoms with Crippen molar-refractivity contribution in [3.8, 4) is 12.3 Å². The largest absolute Gasteiger partial charge is 0.341 e. The van der Waals surface area contributed by atoms with Gasteiger partial charge < -0.3 is 9.80 Å². The first-order valence-corrected chi connectivity index (χ1v) is 11.3. The molecule has 3 aromatic carbocycles. The minimum atomic E-state index is -0.459. The number of hydrogen-bond acceptors (Lipinski definition) is 2. The molecule has 1 aliphatic rings. The molecule has 0 aromatic heterocycles. The number of likely N-dealkylation sites (tertiary alicyclic amines) is 1. The molecule has 0 unspecified atom stereocenters. The van der Waals surface area contributed by atoms with Crippen molar-refractivity contribution in [3.05, 3.63) is 108 Å². The van der Waals surface area contributed by atoms with Gasteiger partial charge in [-0.2, -0.15) is 0 Å². The average Bonchev–Trinajstić information content (AvgIpc) is 3.38. The molecule has 0 bridgehead atoms. The van der Waals surface area contributed by atoms with E-state index in [1.165, 1.54) is 10.5 Å². The molecule has 4 heteroatoms. The van der Waals surface area contributed by atoms with E-state index in [0.29, 0.717) is 25.6 Å².